The Morgan fingerprint density at radius 2 is 1.53 bits per heavy atom. The maximum absolute atomic E-state index is 11.2. The average Bonchev–Trinajstić information content (AvgIpc) is 2.14. The highest BCUT2D eigenvalue weighted by atomic mass is 16.6. The summed E-state index contributed by atoms with van der Waals surface area (Å²) in [5, 5.41) is 0. The van der Waals surface area contributed by atoms with E-state index in [-0.39, 0.29) is 17.5 Å². The van der Waals surface area contributed by atoms with Crippen LogP contribution in [0.3, 0.4) is 0 Å². The monoisotopic (exact) mass is 216 g/mol. The molecule has 0 aliphatic rings. The van der Waals surface area contributed by atoms with Crippen molar-refractivity contribution in [2.75, 3.05) is 0 Å². The van der Waals surface area contributed by atoms with Crippen LogP contribution in [0.15, 0.2) is 0 Å². The summed E-state index contributed by atoms with van der Waals surface area (Å²) in [7, 11) is 0. The van der Waals surface area contributed by atoms with Crippen molar-refractivity contribution in [3.05, 3.63) is 0 Å². The molecule has 0 amide bonds. The topological polar surface area (TPSA) is 26.3 Å². The predicted octanol–water partition coefficient (Wildman–Crippen LogP) is 4.18. The zero-order valence-corrected chi connectivity index (χ0v) is 11.5. The number of carbonyl (C=O) groups excluding carboxylic acids is 1. The highest BCUT2D eigenvalue weighted by molar-refractivity contribution is 5.72. The molecule has 2 nitrogen and oxygen atoms in total. The third-order valence-electron chi connectivity index (χ3n) is 1.92. The lowest BCUT2D eigenvalue weighted by molar-refractivity contribution is -0.159. The minimum atomic E-state index is -0.347. The molecule has 0 saturated carbocycles. The largest absolute Gasteiger partial charge is 0.460 e. The Bertz CT molecular complexity index is 154. The van der Waals surface area contributed by atoms with Crippen molar-refractivity contribution in [3.8, 4) is 0 Å². The number of ether oxygens (including phenoxy) is 1. The molecule has 0 N–H and O–H groups in total. The van der Waals surface area contributed by atoms with E-state index in [2.05, 4.69) is 13.8 Å². The van der Waals surface area contributed by atoms with Crippen LogP contribution >= 0.6 is 0 Å². The van der Waals surface area contributed by atoms with Gasteiger partial charge >= 0.3 is 5.97 Å². The summed E-state index contributed by atoms with van der Waals surface area (Å²) in [4.78, 5) is 11.2. The van der Waals surface area contributed by atoms with E-state index >= 15 is 0 Å². The van der Waals surface area contributed by atoms with Gasteiger partial charge in [0, 0.05) is 0 Å². The van der Waals surface area contributed by atoms with Gasteiger partial charge in [-0.2, -0.15) is 0 Å². The van der Waals surface area contributed by atoms with Crippen LogP contribution in [0.5, 0.6) is 0 Å². The van der Waals surface area contributed by atoms with E-state index in [0.29, 0.717) is 0 Å². The Morgan fingerprint density at radius 3 is 1.73 bits per heavy atom. The summed E-state index contributed by atoms with van der Waals surface area (Å²) in [5.41, 5.74) is -0.347. The molecule has 15 heavy (non-hydrogen) atoms. The van der Waals surface area contributed by atoms with E-state index in [1.165, 1.54) is 12.8 Å². The normalized spacial score (nSPS) is 12.5. The lowest BCUT2D eigenvalue weighted by atomic mass is 10.1. The SMILES string of the molecule is CCC(C)C(=O)OC(C)(C)C.CCCC. The summed E-state index contributed by atoms with van der Waals surface area (Å²) in [6.07, 6.45) is 3.48. The first-order chi connectivity index (χ1) is 6.78. The summed E-state index contributed by atoms with van der Waals surface area (Å²) < 4.78 is 5.15. The van der Waals surface area contributed by atoms with Crippen LogP contribution in [-0.4, -0.2) is 11.6 Å². The molecule has 92 valence electrons. The second kappa shape index (κ2) is 8.75. The molecule has 0 heterocycles. The first-order valence-corrected chi connectivity index (χ1v) is 6.01. The third-order valence-corrected chi connectivity index (χ3v) is 1.92. The van der Waals surface area contributed by atoms with E-state index in [0.717, 1.165) is 6.42 Å². The molecule has 0 aromatic carbocycles. The Morgan fingerprint density at radius 1 is 1.13 bits per heavy atom. The van der Waals surface area contributed by atoms with Crippen LogP contribution in [0.25, 0.3) is 0 Å². The third kappa shape index (κ3) is 13.5. The van der Waals surface area contributed by atoms with Crippen molar-refractivity contribution in [1.29, 1.82) is 0 Å². The van der Waals surface area contributed by atoms with E-state index in [4.69, 9.17) is 4.74 Å². The van der Waals surface area contributed by atoms with Crippen LogP contribution < -0.4 is 0 Å². The van der Waals surface area contributed by atoms with Gasteiger partial charge in [-0.3, -0.25) is 4.79 Å². The Kier molecular flexibility index (Phi) is 9.85. The Balaban J connectivity index is 0. The fourth-order valence-corrected chi connectivity index (χ4v) is 0.569. The Labute approximate surface area is 95.4 Å². The number of unbranched alkanes of at least 4 members (excludes halogenated alkanes) is 1. The Hall–Kier alpha value is -0.530. The average molecular weight is 216 g/mol. The van der Waals surface area contributed by atoms with Gasteiger partial charge in [0.15, 0.2) is 0 Å². The van der Waals surface area contributed by atoms with Gasteiger partial charge in [-0.05, 0) is 27.2 Å². The van der Waals surface area contributed by atoms with Crippen molar-refractivity contribution in [2.45, 2.75) is 73.3 Å². The standard InChI is InChI=1S/C9H18O2.C4H10/c1-6-7(2)8(10)11-9(3,4)5;1-3-4-2/h7H,6H2,1-5H3;3-4H2,1-2H3. The van der Waals surface area contributed by atoms with Gasteiger partial charge in [-0.1, -0.05) is 40.5 Å². The predicted molar refractivity (Wildman–Crippen MR) is 65.9 cm³/mol. The summed E-state index contributed by atoms with van der Waals surface area (Å²) in [6, 6.07) is 0. The van der Waals surface area contributed by atoms with Crippen LogP contribution in [0.4, 0.5) is 0 Å². The van der Waals surface area contributed by atoms with Crippen molar-refractivity contribution in [3.63, 3.8) is 0 Å². The van der Waals surface area contributed by atoms with Crippen molar-refractivity contribution >= 4 is 5.97 Å². The van der Waals surface area contributed by atoms with Gasteiger partial charge in [0.2, 0.25) is 0 Å². The number of hydrogen-bond acceptors (Lipinski definition) is 2. The maximum Gasteiger partial charge on any atom is 0.309 e. The molecule has 0 bridgehead atoms. The van der Waals surface area contributed by atoms with E-state index in [1.807, 2.05) is 34.6 Å². The van der Waals surface area contributed by atoms with Gasteiger partial charge < -0.3 is 4.74 Å². The van der Waals surface area contributed by atoms with E-state index in [1.54, 1.807) is 0 Å². The van der Waals surface area contributed by atoms with E-state index < -0.39 is 0 Å². The molecule has 0 radical (unpaired) electrons. The molecule has 0 aliphatic carbocycles. The number of rotatable bonds is 3. The molecule has 0 spiro atoms. The summed E-state index contributed by atoms with van der Waals surface area (Å²) in [5.74, 6) is -0.0748. The molecule has 1 atom stereocenters. The fourth-order valence-electron chi connectivity index (χ4n) is 0.569. The van der Waals surface area contributed by atoms with Gasteiger partial charge in [0.1, 0.15) is 5.60 Å². The highest BCUT2D eigenvalue weighted by Gasteiger charge is 2.19. The van der Waals surface area contributed by atoms with Crippen molar-refractivity contribution in [2.24, 2.45) is 5.92 Å². The van der Waals surface area contributed by atoms with Gasteiger partial charge in [-0.15, -0.1) is 0 Å². The quantitative estimate of drug-likeness (QED) is 0.661. The lowest BCUT2D eigenvalue weighted by Gasteiger charge is -2.21. The first-order valence-electron chi connectivity index (χ1n) is 6.01. The summed E-state index contributed by atoms with van der Waals surface area (Å²) >= 11 is 0. The zero-order valence-electron chi connectivity index (χ0n) is 11.5. The van der Waals surface area contributed by atoms with Crippen LogP contribution in [0, 0.1) is 5.92 Å². The molecule has 0 rings (SSSR count). The molecular formula is C13H28O2. The molecule has 2 heteroatoms. The van der Waals surface area contributed by atoms with Crippen LogP contribution in [0.1, 0.15) is 67.7 Å². The lowest BCUT2D eigenvalue weighted by Crippen LogP contribution is -2.27. The minimum absolute atomic E-state index is 0.0224. The van der Waals surface area contributed by atoms with Crippen LogP contribution in [0.2, 0.25) is 0 Å². The van der Waals surface area contributed by atoms with Gasteiger partial charge in [-0.25, -0.2) is 0 Å². The first kappa shape index (κ1) is 16.9. The summed E-state index contributed by atoms with van der Waals surface area (Å²) in [6.45, 7) is 13.9. The number of hydrogen-bond donors (Lipinski definition) is 0. The molecule has 0 aliphatic heterocycles. The maximum atomic E-state index is 11.2. The molecular weight excluding hydrogens is 188 g/mol. The smallest absolute Gasteiger partial charge is 0.309 e. The second-order valence-electron chi connectivity index (χ2n) is 4.84. The second-order valence-corrected chi connectivity index (χ2v) is 4.84. The van der Waals surface area contributed by atoms with Gasteiger partial charge in [0.05, 0.1) is 5.92 Å². The van der Waals surface area contributed by atoms with Crippen LogP contribution in [-0.2, 0) is 9.53 Å². The van der Waals surface area contributed by atoms with E-state index in [9.17, 15) is 4.79 Å². The number of carbonyl (C=O) groups is 1. The zero-order chi connectivity index (χ0) is 12.5. The highest BCUT2D eigenvalue weighted by Crippen LogP contribution is 2.12. The molecule has 1 unspecified atom stereocenters. The fraction of sp³-hybridized carbons (Fsp3) is 0.923. The van der Waals surface area contributed by atoms with Gasteiger partial charge in [0.25, 0.3) is 0 Å². The molecule has 0 fully saturated rings. The van der Waals surface area contributed by atoms with Crippen molar-refractivity contribution in [1.82, 2.24) is 0 Å². The van der Waals surface area contributed by atoms with Crippen molar-refractivity contribution < 1.29 is 9.53 Å². The minimum Gasteiger partial charge on any atom is -0.460 e. The number of esters is 1. The molecule has 0 aromatic heterocycles. The molecule has 0 aromatic rings. The molecule has 0 saturated heterocycles.